The van der Waals surface area contributed by atoms with Crippen LogP contribution in [0.25, 0.3) is 0 Å². The summed E-state index contributed by atoms with van der Waals surface area (Å²) in [4.78, 5) is 37.7. The van der Waals surface area contributed by atoms with Gasteiger partial charge in [0.25, 0.3) is 0 Å². The van der Waals surface area contributed by atoms with Crippen molar-refractivity contribution in [3.05, 3.63) is 182 Å². The van der Waals surface area contributed by atoms with Crippen LogP contribution in [0.2, 0.25) is 0 Å². The van der Waals surface area contributed by atoms with Crippen molar-refractivity contribution in [2.75, 3.05) is 47.5 Å². The van der Waals surface area contributed by atoms with Crippen LogP contribution in [0.4, 0.5) is 0 Å². The Kier molecular flexibility index (Phi) is 77.6. The summed E-state index contributed by atoms with van der Waals surface area (Å²) >= 11 is 0. The molecule has 0 saturated carbocycles. The van der Waals surface area contributed by atoms with Crippen LogP contribution in [0.5, 0.6) is 0 Å². The van der Waals surface area contributed by atoms with Gasteiger partial charge in [-0.15, -0.1) is 0 Å². The van der Waals surface area contributed by atoms with Crippen LogP contribution in [0, 0.1) is 0 Å². The number of quaternary nitrogens is 1. The van der Waals surface area contributed by atoms with Gasteiger partial charge in [-0.3, -0.25) is 9.59 Å². The Bertz CT molecular complexity index is 2360. The maximum Gasteiger partial charge on any atom is 0.306 e. The van der Waals surface area contributed by atoms with Crippen molar-refractivity contribution in [1.29, 1.82) is 0 Å². The van der Waals surface area contributed by atoms with E-state index in [0.29, 0.717) is 17.4 Å². The van der Waals surface area contributed by atoms with Crippen LogP contribution in [-0.2, 0) is 33.3 Å². The van der Waals surface area contributed by atoms with Crippen LogP contribution in [0.15, 0.2) is 182 Å². The number of nitrogens with zero attached hydrogens (tertiary/aromatic N) is 1. The molecule has 0 amide bonds. The molecule has 0 aromatic heterocycles. The number of aliphatic carboxylic acids is 1. The lowest BCUT2D eigenvalue weighted by Gasteiger charge is -2.26. The molecule has 0 heterocycles. The van der Waals surface area contributed by atoms with Gasteiger partial charge in [0.1, 0.15) is 13.2 Å². The standard InChI is InChI=1S/C94H155NO8/c1-6-8-10-12-14-16-18-20-22-24-26-28-30-32-34-36-38-40-42-44-45-46-47-49-51-53-55-57-59-61-63-65-67-69-71-73-75-77-79-81-83-85-92(97)103-90(89-102-94(93(98)99)100-87-86-95(3,4)5)88-101-91(96)84-82-80-78-76-74-72-70-68-66-64-62-60-58-56-54-52-50-48-43-41-39-37-35-33-31-29-27-25-23-21-19-17-15-13-11-9-7-2/h8-11,14-17,20-23,26-29,32-35,38-41,44-45,47-50,90,94H,6-7,12-13,18-19,24-25,30-31,36-37,42-43,46,51-89H2,1-5H3/b10-8-,11-9-,16-14-,17-15-,22-20-,23-21-,28-26-,29-27-,34-32-,35-33-,40-38-,41-39-,45-44-,49-47-,50-48-. The highest BCUT2D eigenvalue weighted by atomic mass is 16.7. The number of hydrogen-bond donors (Lipinski definition) is 0. The first-order chi connectivity index (χ1) is 50.6. The van der Waals surface area contributed by atoms with Crippen molar-refractivity contribution in [3.8, 4) is 0 Å². The molecule has 0 aliphatic carbocycles. The highest BCUT2D eigenvalue weighted by Gasteiger charge is 2.22. The van der Waals surface area contributed by atoms with Gasteiger partial charge in [-0.25, -0.2) is 0 Å². The van der Waals surface area contributed by atoms with E-state index in [-0.39, 0.29) is 38.6 Å². The van der Waals surface area contributed by atoms with Gasteiger partial charge in [0.2, 0.25) is 0 Å². The molecule has 9 nitrogen and oxygen atoms in total. The number of carbonyl (C=O) groups excluding carboxylic acids is 3. The monoisotopic (exact) mass is 1430 g/mol. The third-order valence-electron chi connectivity index (χ3n) is 17.6. The molecule has 0 bridgehead atoms. The lowest BCUT2D eigenvalue weighted by Crippen LogP contribution is -2.44. The number of carboxylic acids is 1. The molecule has 0 aromatic rings. The SMILES string of the molecule is CC/C=C\C/C=C\C/C=C\C/C=C\C/C=C\C/C=C\C/C=C\C/C=C\CCCCCCCCCCCCCCCCCCC(=O)OC(COC(=O)CCCCCCCCCCCCCCCCC/C=C\C/C=C\C/C=C\C/C=C\C/C=C\C/C=C\C/C=C\CC)COC(OCC[N+](C)(C)C)C(=O)[O-]. The zero-order chi connectivity index (χ0) is 74.6. The Balaban J connectivity index is 4.04. The molecular formula is C94H155NO8. The van der Waals surface area contributed by atoms with Gasteiger partial charge in [0.05, 0.1) is 40.3 Å². The van der Waals surface area contributed by atoms with Crippen molar-refractivity contribution >= 4 is 17.9 Å². The van der Waals surface area contributed by atoms with E-state index in [1.54, 1.807) is 0 Å². The molecule has 584 valence electrons. The third kappa shape index (κ3) is 83.5. The fraction of sp³-hybridized carbons (Fsp3) is 0.649. The summed E-state index contributed by atoms with van der Waals surface area (Å²) in [6.07, 6.45) is 122. The topological polar surface area (TPSA) is 111 Å². The summed E-state index contributed by atoms with van der Waals surface area (Å²) < 4.78 is 22.9. The van der Waals surface area contributed by atoms with Crippen LogP contribution >= 0.6 is 0 Å². The first-order valence-electron chi connectivity index (χ1n) is 41.9. The van der Waals surface area contributed by atoms with Crippen molar-refractivity contribution in [3.63, 3.8) is 0 Å². The smallest absolute Gasteiger partial charge is 0.306 e. The molecule has 9 heteroatoms. The zero-order valence-electron chi connectivity index (χ0n) is 66.9. The number of rotatable bonds is 76. The molecular weight excluding hydrogens is 1270 g/mol. The number of allylic oxidation sites excluding steroid dienone is 30. The van der Waals surface area contributed by atoms with Crippen LogP contribution < -0.4 is 5.11 Å². The number of ether oxygens (including phenoxy) is 4. The number of esters is 2. The predicted molar refractivity (Wildman–Crippen MR) is 444 cm³/mol. The third-order valence-corrected chi connectivity index (χ3v) is 17.6. The molecule has 0 rings (SSSR count). The van der Waals surface area contributed by atoms with E-state index in [4.69, 9.17) is 18.9 Å². The number of carbonyl (C=O) groups is 3. The minimum absolute atomic E-state index is 0.142. The Hall–Kier alpha value is -5.61. The maximum atomic E-state index is 13.0. The highest BCUT2D eigenvalue weighted by molar-refractivity contribution is 5.70. The molecule has 0 saturated heterocycles. The summed E-state index contributed by atoms with van der Waals surface area (Å²) in [6.45, 7) is 4.53. The molecule has 2 atom stereocenters. The number of hydrogen-bond acceptors (Lipinski definition) is 8. The second-order valence-corrected chi connectivity index (χ2v) is 28.7. The summed E-state index contributed by atoms with van der Waals surface area (Å²) in [7, 11) is 5.94. The zero-order valence-corrected chi connectivity index (χ0v) is 66.9. The maximum absolute atomic E-state index is 13.0. The van der Waals surface area contributed by atoms with E-state index in [1.165, 1.54) is 167 Å². The average Bonchev–Trinajstić information content (AvgIpc) is 1.01. The van der Waals surface area contributed by atoms with Crippen molar-refractivity contribution in [2.24, 2.45) is 0 Å². The summed E-state index contributed by atoms with van der Waals surface area (Å²) in [5.41, 5.74) is 0. The molecule has 0 spiro atoms. The molecule has 0 fully saturated rings. The fourth-order valence-corrected chi connectivity index (χ4v) is 11.4. The minimum atomic E-state index is -1.63. The van der Waals surface area contributed by atoms with Gasteiger partial charge in [-0.2, -0.15) is 0 Å². The van der Waals surface area contributed by atoms with E-state index >= 15 is 0 Å². The molecule has 0 aromatic carbocycles. The Labute approximate surface area is 634 Å². The highest BCUT2D eigenvalue weighted by Crippen LogP contribution is 2.18. The quantitative estimate of drug-likeness (QED) is 0.0195. The normalized spacial score (nSPS) is 13.6. The van der Waals surface area contributed by atoms with Crippen molar-refractivity contribution < 1.29 is 42.9 Å². The molecule has 2 unspecified atom stereocenters. The molecule has 103 heavy (non-hydrogen) atoms. The number of likely N-dealkylation sites (N-methyl/N-ethyl adjacent to an activating group) is 1. The van der Waals surface area contributed by atoms with E-state index in [1.807, 2.05) is 21.1 Å². The Morgan fingerprint density at radius 1 is 0.291 bits per heavy atom. The lowest BCUT2D eigenvalue weighted by atomic mass is 10.0. The van der Waals surface area contributed by atoms with Gasteiger partial charge in [-0.05, 0) is 135 Å². The van der Waals surface area contributed by atoms with Gasteiger partial charge in [-0.1, -0.05) is 369 Å². The number of unbranched alkanes of at least 4 members (excludes halogenated alkanes) is 31. The lowest BCUT2D eigenvalue weighted by molar-refractivity contribution is -0.870. The van der Waals surface area contributed by atoms with E-state index < -0.39 is 24.3 Å². The molecule has 0 radical (unpaired) electrons. The Morgan fingerprint density at radius 2 is 0.524 bits per heavy atom. The summed E-state index contributed by atoms with van der Waals surface area (Å²) in [5, 5.41) is 11.9. The summed E-state index contributed by atoms with van der Waals surface area (Å²) in [5.74, 6) is -2.28. The molecule has 0 N–H and O–H groups in total. The Morgan fingerprint density at radius 3 is 0.777 bits per heavy atom. The fourth-order valence-electron chi connectivity index (χ4n) is 11.4. The van der Waals surface area contributed by atoms with Gasteiger partial charge < -0.3 is 33.3 Å². The second-order valence-electron chi connectivity index (χ2n) is 28.7. The van der Waals surface area contributed by atoms with E-state index in [9.17, 15) is 19.5 Å². The largest absolute Gasteiger partial charge is 0.545 e. The van der Waals surface area contributed by atoms with Gasteiger partial charge in [0.15, 0.2) is 12.4 Å². The first kappa shape index (κ1) is 97.4. The van der Waals surface area contributed by atoms with Crippen molar-refractivity contribution in [2.45, 2.75) is 347 Å². The van der Waals surface area contributed by atoms with Crippen molar-refractivity contribution in [1.82, 2.24) is 0 Å². The van der Waals surface area contributed by atoms with Gasteiger partial charge in [0, 0.05) is 12.8 Å². The van der Waals surface area contributed by atoms with E-state index in [0.717, 1.165) is 135 Å². The van der Waals surface area contributed by atoms with E-state index in [2.05, 4.69) is 196 Å². The molecule has 0 aliphatic rings. The number of carboxylic acid groups (broad SMARTS) is 1. The second kappa shape index (κ2) is 82.1. The predicted octanol–water partition coefficient (Wildman–Crippen LogP) is 26.1. The van der Waals surface area contributed by atoms with Crippen LogP contribution in [0.3, 0.4) is 0 Å². The first-order valence-corrected chi connectivity index (χ1v) is 41.9. The van der Waals surface area contributed by atoms with Gasteiger partial charge >= 0.3 is 11.9 Å². The molecule has 0 aliphatic heterocycles. The minimum Gasteiger partial charge on any atom is -0.545 e. The average molecular weight is 1430 g/mol. The summed E-state index contributed by atoms with van der Waals surface area (Å²) in [6, 6.07) is 0. The van der Waals surface area contributed by atoms with Crippen LogP contribution in [-0.4, -0.2) is 82.3 Å². The van der Waals surface area contributed by atoms with Crippen LogP contribution in [0.1, 0.15) is 335 Å².